The summed E-state index contributed by atoms with van der Waals surface area (Å²) in [7, 11) is 0. The lowest BCUT2D eigenvalue weighted by Crippen LogP contribution is -2.40. The van der Waals surface area contributed by atoms with E-state index in [-0.39, 0.29) is 28.6 Å². The quantitative estimate of drug-likeness (QED) is 0.708. The summed E-state index contributed by atoms with van der Waals surface area (Å²) in [5, 5.41) is 9.45. The van der Waals surface area contributed by atoms with Gasteiger partial charge in [-0.2, -0.15) is 0 Å². The molecule has 2 heterocycles. The number of aromatic nitrogens is 2. The number of rotatable bonds is 3. The Morgan fingerprint density at radius 3 is 2.55 bits per heavy atom. The van der Waals surface area contributed by atoms with Gasteiger partial charge in [-0.05, 0) is 42.5 Å². The van der Waals surface area contributed by atoms with E-state index in [2.05, 4.69) is 9.97 Å². The Labute approximate surface area is 166 Å². The van der Waals surface area contributed by atoms with E-state index < -0.39 is 5.82 Å². The SMILES string of the molecule is Nc1ncc(-c2ccc(C(=O)N3CCOCC3)cc2F)nc1-c1ccc(O)cc1. The van der Waals surface area contributed by atoms with Gasteiger partial charge in [0.2, 0.25) is 0 Å². The van der Waals surface area contributed by atoms with Crippen LogP contribution in [0, 0.1) is 5.82 Å². The highest BCUT2D eigenvalue weighted by molar-refractivity contribution is 5.94. The molecule has 8 heteroatoms. The monoisotopic (exact) mass is 394 g/mol. The van der Waals surface area contributed by atoms with Gasteiger partial charge in [-0.25, -0.2) is 14.4 Å². The van der Waals surface area contributed by atoms with Crippen molar-refractivity contribution in [1.29, 1.82) is 0 Å². The van der Waals surface area contributed by atoms with Crippen LogP contribution in [-0.2, 0) is 4.74 Å². The van der Waals surface area contributed by atoms with Gasteiger partial charge in [0.15, 0.2) is 0 Å². The van der Waals surface area contributed by atoms with E-state index in [0.717, 1.165) is 0 Å². The van der Waals surface area contributed by atoms with Gasteiger partial charge in [-0.15, -0.1) is 0 Å². The number of nitrogens with zero attached hydrogens (tertiary/aromatic N) is 3. The summed E-state index contributed by atoms with van der Waals surface area (Å²) in [5.41, 5.74) is 7.75. The van der Waals surface area contributed by atoms with Crippen molar-refractivity contribution >= 4 is 11.7 Å². The number of carbonyl (C=O) groups excluding carboxylic acids is 1. The van der Waals surface area contributed by atoms with E-state index in [1.165, 1.54) is 30.5 Å². The lowest BCUT2D eigenvalue weighted by molar-refractivity contribution is 0.0302. The van der Waals surface area contributed by atoms with Crippen molar-refractivity contribution in [3.05, 3.63) is 60.0 Å². The Hall–Kier alpha value is -3.52. The second kappa shape index (κ2) is 7.84. The zero-order valence-electron chi connectivity index (χ0n) is 15.5. The van der Waals surface area contributed by atoms with Crippen LogP contribution in [0.1, 0.15) is 10.4 Å². The minimum absolute atomic E-state index is 0.114. The number of carbonyl (C=O) groups is 1. The lowest BCUT2D eigenvalue weighted by atomic mass is 10.1. The van der Waals surface area contributed by atoms with E-state index in [1.807, 2.05) is 0 Å². The Kier molecular flexibility index (Phi) is 5.09. The molecule has 0 bridgehead atoms. The number of nitrogen functional groups attached to an aromatic ring is 1. The van der Waals surface area contributed by atoms with Gasteiger partial charge in [0, 0.05) is 29.8 Å². The summed E-state index contributed by atoms with van der Waals surface area (Å²) in [4.78, 5) is 22.8. The maximum atomic E-state index is 14.8. The third-order valence-corrected chi connectivity index (χ3v) is 4.73. The molecule has 1 aliphatic heterocycles. The van der Waals surface area contributed by atoms with Crippen LogP contribution in [0.25, 0.3) is 22.5 Å². The third kappa shape index (κ3) is 3.88. The van der Waals surface area contributed by atoms with Crippen molar-refractivity contribution in [2.24, 2.45) is 0 Å². The topological polar surface area (TPSA) is 102 Å². The molecule has 0 saturated carbocycles. The number of hydrogen-bond donors (Lipinski definition) is 2. The predicted molar refractivity (Wildman–Crippen MR) is 106 cm³/mol. The molecule has 1 fully saturated rings. The van der Waals surface area contributed by atoms with Crippen molar-refractivity contribution < 1.29 is 19.0 Å². The number of phenolic OH excluding ortho intramolecular Hbond substituents is 1. The number of amides is 1. The first-order valence-electron chi connectivity index (χ1n) is 9.12. The molecule has 1 aliphatic rings. The Morgan fingerprint density at radius 1 is 1.14 bits per heavy atom. The summed E-state index contributed by atoms with van der Waals surface area (Å²) in [5.74, 6) is -0.492. The first kappa shape index (κ1) is 18.8. The fraction of sp³-hybridized carbons (Fsp3) is 0.190. The molecular formula is C21H19FN4O3. The van der Waals surface area contributed by atoms with Gasteiger partial charge in [0.05, 0.1) is 25.1 Å². The number of hydrogen-bond acceptors (Lipinski definition) is 6. The van der Waals surface area contributed by atoms with Gasteiger partial charge in [0.25, 0.3) is 5.91 Å². The molecule has 0 spiro atoms. The van der Waals surface area contributed by atoms with Gasteiger partial charge in [-0.1, -0.05) is 0 Å². The maximum absolute atomic E-state index is 14.8. The van der Waals surface area contributed by atoms with Gasteiger partial charge < -0.3 is 20.5 Å². The van der Waals surface area contributed by atoms with Crippen molar-refractivity contribution in [2.45, 2.75) is 0 Å². The lowest BCUT2D eigenvalue weighted by Gasteiger charge is -2.26. The average Bonchev–Trinajstić information content (AvgIpc) is 2.75. The van der Waals surface area contributed by atoms with Crippen LogP contribution in [0.15, 0.2) is 48.7 Å². The average molecular weight is 394 g/mol. The molecule has 0 aliphatic carbocycles. The summed E-state index contributed by atoms with van der Waals surface area (Å²) < 4.78 is 20.1. The molecule has 7 nitrogen and oxygen atoms in total. The molecule has 29 heavy (non-hydrogen) atoms. The second-order valence-corrected chi connectivity index (χ2v) is 6.64. The van der Waals surface area contributed by atoms with Gasteiger partial charge in [-0.3, -0.25) is 4.79 Å². The summed E-state index contributed by atoms with van der Waals surface area (Å²) in [6, 6.07) is 10.6. The van der Waals surface area contributed by atoms with Crippen LogP contribution >= 0.6 is 0 Å². The van der Waals surface area contributed by atoms with E-state index in [0.29, 0.717) is 43.3 Å². The minimum Gasteiger partial charge on any atom is -0.508 e. The Morgan fingerprint density at radius 2 is 1.86 bits per heavy atom. The van der Waals surface area contributed by atoms with Gasteiger partial charge in [0.1, 0.15) is 23.1 Å². The molecule has 3 N–H and O–H groups in total. The van der Waals surface area contributed by atoms with Crippen LogP contribution in [0.4, 0.5) is 10.2 Å². The van der Waals surface area contributed by atoms with Crippen molar-refractivity contribution in [1.82, 2.24) is 14.9 Å². The fourth-order valence-corrected chi connectivity index (χ4v) is 3.16. The number of morpholine rings is 1. The Bertz CT molecular complexity index is 1050. The van der Waals surface area contributed by atoms with E-state index in [9.17, 15) is 14.3 Å². The van der Waals surface area contributed by atoms with Crippen LogP contribution in [0.2, 0.25) is 0 Å². The molecular weight excluding hydrogens is 375 g/mol. The number of nitrogens with two attached hydrogens (primary N) is 1. The molecule has 0 atom stereocenters. The molecule has 2 aromatic carbocycles. The smallest absolute Gasteiger partial charge is 0.254 e. The van der Waals surface area contributed by atoms with Crippen molar-refractivity contribution in [2.75, 3.05) is 32.0 Å². The molecule has 1 saturated heterocycles. The number of anilines is 1. The molecule has 4 rings (SSSR count). The standard InChI is InChI=1S/C21H19FN4O3/c22-17-11-14(21(28)26-7-9-29-10-8-26)3-6-16(17)18-12-24-20(23)19(25-18)13-1-4-15(27)5-2-13/h1-6,11-12,27H,7-10H2,(H2,23,24). The van der Waals surface area contributed by atoms with Crippen LogP contribution < -0.4 is 5.73 Å². The van der Waals surface area contributed by atoms with Crippen molar-refractivity contribution in [3.63, 3.8) is 0 Å². The minimum atomic E-state index is -0.570. The highest BCUT2D eigenvalue weighted by atomic mass is 19.1. The zero-order valence-corrected chi connectivity index (χ0v) is 15.5. The molecule has 148 valence electrons. The number of ether oxygens (including phenoxy) is 1. The summed E-state index contributed by atoms with van der Waals surface area (Å²) in [6.07, 6.45) is 1.39. The van der Waals surface area contributed by atoms with E-state index in [4.69, 9.17) is 10.5 Å². The number of phenols is 1. The Balaban J connectivity index is 1.65. The van der Waals surface area contributed by atoms with E-state index in [1.54, 1.807) is 23.1 Å². The first-order chi connectivity index (χ1) is 14.0. The number of benzene rings is 2. The van der Waals surface area contributed by atoms with Crippen LogP contribution in [0.3, 0.4) is 0 Å². The fourth-order valence-electron chi connectivity index (χ4n) is 3.16. The summed E-state index contributed by atoms with van der Waals surface area (Å²) >= 11 is 0. The predicted octanol–water partition coefficient (Wildman–Crippen LogP) is 2.71. The maximum Gasteiger partial charge on any atom is 0.254 e. The van der Waals surface area contributed by atoms with Gasteiger partial charge >= 0.3 is 0 Å². The third-order valence-electron chi connectivity index (χ3n) is 4.73. The number of halogens is 1. The second-order valence-electron chi connectivity index (χ2n) is 6.64. The first-order valence-corrected chi connectivity index (χ1v) is 9.12. The normalized spacial score (nSPS) is 14.0. The molecule has 1 amide bonds. The molecule has 0 radical (unpaired) electrons. The molecule has 3 aromatic rings. The summed E-state index contributed by atoms with van der Waals surface area (Å²) in [6.45, 7) is 1.93. The zero-order chi connectivity index (χ0) is 20.4. The van der Waals surface area contributed by atoms with Crippen LogP contribution in [-0.4, -0.2) is 52.2 Å². The van der Waals surface area contributed by atoms with E-state index >= 15 is 0 Å². The largest absolute Gasteiger partial charge is 0.508 e. The number of aromatic hydroxyl groups is 1. The highest BCUT2D eigenvalue weighted by Gasteiger charge is 2.20. The highest BCUT2D eigenvalue weighted by Crippen LogP contribution is 2.28. The molecule has 1 aromatic heterocycles. The van der Waals surface area contributed by atoms with Crippen LogP contribution in [0.5, 0.6) is 5.75 Å². The molecule has 0 unspecified atom stereocenters. The van der Waals surface area contributed by atoms with Crippen molar-refractivity contribution in [3.8, 4) is 28.3 Å².